The summed E-state index contributed by atoms with van der Waals surface area (Å²) in [5.74, 6) is 0.194. The Morgan fingerprint density at radius 2 is 2.50 bits per heavy atom. The van der Waals surface area contributed by atoms with Gasteiger partial charge in [0.05, 0.1) is 13.2 Å². The number of hydrogen-bond donors (Lipinski definition) is 1. The predicted molar refractivity (Wildman–Crippen MR) is 36.6 cm³/mol. The molecule has 0 spiro atoms. The van der Waals surface area contributed by atoms with Crippen molar-refractivity contribution >= 4 is 0 Å². The molecule has 0 aromatic rings. The number of aliphatic hydroxyl groups excluding tert-OH is 1. The molecule has 0 aromatic heterocycles. The van der Waals surface area contributed by atoms with Crippen molar-refractivity contribution in [1.82, 2.24) is 0 Å². The Morgan fingerprint density at radius 3 is 3.10 bits per heavy atom. The van der Waals surface area contributed by atoms with Crippen molar-refractivity contribution in [3.8, 4) is 0 Å². The van der Waals surface area contributed by atoms with E-state index in [-0.39, 0.29) is 18.8 Å². The van der Waals surface area contributed by atoms with E-state index in [2.05, 4.69) is 0 Å². The molecule has 1 aliphatic rings. The van der Waals surface area contributed by atoms with Crippen LogP contribution in [-0.4, -0.2) is 31.2 Å². The van der Waals surface area contributed by atoms with Gasteiger partial charge in [0.1, 0.15) is 0 Å². The Bertz CT molecular complexity index is 94.9. The minimum atomic E-state index is -0.157. The monoisotopic (exact) mass is 146 g/mol. The molecular weight excluding hydrogens is 132 g/mol. The highest BCUT2D eigenvalue weighted by atomic mass is 16.7. The fourth-order valence-electron chi connectivity index (χ4n) is 1.13. The molecule has 0 aliphatic carbocycles. The quantitative estimate of drug-likeness (QED) is 0.625. The summed E-state index contributed by atoms with van der Waals surface area (Å²) in [4.78, 5) is 0. The summed E-state index contributed by atoms with van der Waals surface area (Å²) in [6, 6.07) is 0. The zero-order valence-corrected chi connectivity index (χ0v) is 6.25. The van der Waals surface area contributed by atoms with Crippen molar-refractivity contribution in [3.05, 3.63) is 0 Å². The van der Waals surface area contributed by atoms with Crippen LogP contribution >= 0.6 is 0 Å². The minimum absolute atomic E-state index is 0.157. The van der Waals surface area contributed by atoms with Gasteiger partial charge in [-0.2, -0.15) is 0 Å². The summed E-state index contributed by atoms with van der Waals surface area (Å²) in [5, 5.41) is 8.80. The van der Waals surface area contributed by atoms with Gasteiger partial charge in [-0.3, -0.25) is 0 Å². The molecule has 0 saturated carbocycles. The van der Waals surface area contributed by atoms with Crippen LogP contribution in [0.2, 0.25) is 0 Å². The lowest BCUT2D eigenvalue weighted by Crippen LogP contribution is -2.22. The SMILES string of the molecule is CCOC1OCC[C@H]1CO. The van der Waals surface area contributed by atoms with E-state index in [1.807, 2.05) is 6.92 Å². The molecule has 2 atom stereocenters. The molecule has 1 rings (SSSR count). The van der Waals surface area contributed by atoms with Crippen LogP contribution in [0.3, 0.4) is 0 Å². The van der Waals surface area contributed by atoms with Crippen molar-refractivity contribution in [2.45, 2.75) is 19.6 Å². The third-order valence-electron chi connectivity index (χ3n) is 1.72. The summed E-state index contributed by atoms with van der Waals surface area (Å²) in [7, 11) is 0. The second kappa shape index (κ2) is 3.91. The van der Waals surface area contributed by atoms with Gasteiger partial charge in [0.15, 0.2) is 6.29 Å². The topological polar surface area (TPSA) is 38.7 Å². The van der Waals surface area contributed by atoms with Crippen LogP contribution < -0.4 is 0 Å². The van der Waals surface area contributed by atoms with Crippen molar-refractivity contribution < 1.29 is 14.6 Å². The molecule has 0 aromatic carbocycles. The number of ether oxygens (including phenoxy) is 2. The highest BCUT2D eigenvalue weighted by Gasteiger charge is 2.27. The van der Waals surface area contributed by atoms with Gasteiger partial charge in [0, 0.05) is 12.5 Å². The van der Waals surface area contributed by atoms with Gasteiger partial charge < -0.3 is 14.6 Å². The van der Waals surface area contributed by atoms with E-state index in [1.165, 1.54) is 0 Å². The van der Waals surface area contributed by atoms with Gasteiger partial charge in [-0.15, -0.1) is 0 Å². The first-order chi connectivity index (χ1) is 4.88. The van der Waals surface area contributed by atoms with E-state index in [0.29, 0.717) is 6.61 Å². The molecule has 0 amide bonds. The lowest BCUT2D eigenvalue weighted by Gasteiger charge is -2.15. The van der Waals surface area contributed by atoms with Gasteiger partial charge in [0.25, 0.3) is 0 Å². The Morgan fingerprint density at radius 1 is 1.70 bits per heavy atom. The third kappa shape index (κ3) is 1.68. The maximum Gasteiger partial charge on any atom is 0.162 e. The molecule has 1 fully saturated rings. The predicted octanol–water partition coefficient (Wildman–Crippen LogP) is 0.378. The second-order valence-corrected chi connectivity index (χ2v) is 2.43. The van der Waals surface area contributed by atoms with E-state index in [4.69, 9.17) is 14.6 Å². The maximum absolute atomic E-state index is 8.80. The van der Waals surface area contributed by atoms with Crippen LogP contribution in [0.4, 0.5) is 0 Å². The molecule has 0 bridgehead atoms. The Hall–Kier alpha value is -0.120. The molecule has 10 heavy (non-hydrogen) atoms. The fraction of sp³-hybridized carbons (Fsp3) is 1.00. The van der Waals surface area contributed by atoms with Crippen LogP contribution in [0.5, 0.6) is 0 Å². The molecule has 1 heterocycles. The maximum atomic E-state index is 8.80. The highest BCUT2D eigenvalue weighted by molar-refractivity contribution is 4.67. The summed E-state index contributed by atoms with van der Waals surface area (Å²) in [6.07, 6.45) is 0.760. The lowest BCUT2D eigenvalue weighted by molar-refractivity contribution is -0.133. The summed E-state index contributed by atoms with van der Waals surface area (Å²) >= 11 is 0. The summed E-state index contributed by atoms with van der Waals surface area (Å²) < 4.78 is 10.4. The average Bonchev–Trinajstić information content (AvgIpc) is 2.36. The van der Waals surface area contributed by atoms with Crippen molar-refractivity contribution in [2.75, 3.05) is 19.8 Å². The van der Waals surface area contributed by atoms with Gasteiger partial charge in [-0.1, -0.05) is 0 Å². The molecular formula is C7H14O3. The number of aliphatic hydroxyl groups is 1. The smallest absolute Gasteiger partial charge is 0.162 e. The Labute approximate surface area is 60.9 Å². The first-order valence-electron chi connectivity index (χ1n) is 3.72. The lowest BCUT2D eigenvalue weighted by atomic mass is 10.1. The van der Waals surface area contributed by atoms with Gasteiger partial charge in [-0.25, -0.2) is 0 Å². The molecule has 3 heteroatoms. The molecule has 1 unspecified atom stereocenters. The Kier molecular flexibility index (Phi) is 3.12. The van der Waals surface area contributed by atoms with Crippen LogP contribution in [0.25, 0.3) is 0 Å². The summed E-state index contributed by atoms with van der Waals surface area (Å²) in [6.45, 7) is 3.47. The van der Waals surface area contributed by atoms with E-state index in [1.54, 1.807) is 0 Å². The molecule has 1 saturated heterocycles. The van der Waals surface area contributed by atoms with E-state index in [0.717, 1.165) is 13.0 Å². The van der Waals surface area contributed by atoms with Crippen molar-refractivity contribution in [1.29, 1.82) is 0 Å². The minimum Gasteiger partial charge on any atom is -0.396 e. The van der Waals surface area contributed by atoms with Crippen LogP contribution in [0.1, 0.15) is 13.3 Å². The van der Waals surface area contributed by atoms with Crippen LogP contribution in [0.15, 0.2) is 0 Å². The zero-order chi connectivity index (χ0) is 7.40. The van der Waals surface area contributed by atoms with Gasteiger partial charge in [-0.05, 0) is 13.3 Å². The normalized spacial score (nSPS) is 33.0. The molecule has 1 aliphatic heterocycles. The van der Waals surface area contributed by atoms with Crippen molar-refractivity contribution in [3.63, 3.8) is 0 Å². The molecule has 60 valence electrons. The number of rotatable bonds is 3. The molecule has 1 N–H and O–H groups in total. The van der Waals surface area contributed by atoms with Crippen LogP contribution in [0, 0.1) is 5.92 Å². The highest BCUT2D eigenvalue weighted by Crippen LogP contribution is 2.20. The third-order valence-corrected chi connectivity index (χ3v) is 1.72. The van der Waals surface area contributed by atoms with E-state index in [9.17, 15) is 0 Å². The first-order valence-corrected chi connectivity index (χ1v) is 3.72. The molecule has 3 nitrogen and oxygen atoms in total. The fourth-order valence-corrected chi connectivity index (χ4v) is 1.13. The second-order valence-electron chi connectivity index (χ2n) is 2.43. The van der Waals surface area contributed by atoms with Gasteiger partial charge in [0.2, 0.25) is 0 Å². The standard InChI is InChI=1S/C7H14O3/c1-2-9-7-6(5-8)3-4-10-7/h6-8H,2-5H2,1H3/t6-,7?/m0/s1. The van der Waals surface area contributed by atoms with Crippen LogP contribution in [-0.2, 0) is 9.47 Å². The average molecular weight is 146 g/mol. The van der Waals surface area contributed by atoms with Gasteiger partial charge >= 0.3 is 0 Å². The first kappa shape index (κ1) is 7.98. The van der Waals surface area contributed by atoms with E-state index >= 15 is 0 Å². The number of hydrogen-bond acceptors (Lipinski definition) is 3. The molecule has 0 radical (unpaired) electrons. The summed E-state index contributed by atoms with van der Waals surface area (Å²) in [5.41, 5.74) is 0. The Balaban J connectivity index is 2.27. The zero-order valence-electron chi connectivity index (χ0n) is 6.25. The van der Waals surface area contributed by atoms with Crippen molar-refractivity contribution in [2.24, 2.45) is 5.92 Å². The van der Waals surface area contributed by atoms with E-state index < -0.39 is 0 Å². The largest absolute Gasteiger partial charge is 0.396 e.